The summed E-state index contributed by atoms with van der Waals surface area (Å²) in [5.74, 6) is 3.57. The minimum atomic E-state index is 0.492. The normalized spacial score (nSPS) is 28.1. The number of nitrogens with two attached hydrogens (primary N) is 1. The third kappa shape index (κ3) is 1.95. The van der Waals surface area contributed by atoms with Gasteiger partial charge in [-0.25, -0.2) is 0 Å². The number of hydrogen-bond donors (Lipinski definition) is 1. The molecule has 4 rings (SSSR count). The molecular formula is C15H16BrN3O. The fraction of sp³-hybridized carbons (Fsp3) is 0.467. The number of nitrogen functional groups attached to an aromatic ring is 1. The summed E-state index contributed by atoms with van der Waals surface area (Å²) in [6, 6.07) is 5.62. The number of halogens is 1. The Morgan fingerprint density at radius 1 is 1.25 bits per heavy atom. The molecule has 2 aromatic rings. The first-order chi connectivity index (χ1) is 9.70. The largest absolute Gasteiger partial charge is 0.399 e. The van der Waals surface area contributed by atoms with Crippen LogP contribution < -0.4 is 5.73 Å². The van der Waals surface area contributed by atoms with E-state index in [4.69, 9.17) is 10.3 Å². The monoisotopic (exact) mass is 333 g/mol. The van der Waals surface area contributed by atoms with Crippen molar-refractivity contribution in [2.24, 2.45) is 11.8 Å². The lowest BCUT2D eigenvalue weighted by atomic mass is 9.88. The quantitative estimate of drug-likeness (QED) is 0.844. The molecule has 0 radical (unpaired) electrons. The van der Waals surface area contributed by atoms with Crippen molar-refractivity contribution in [3.8, 4) is 11.5 Å². The molecule has 0 saturated heterocycles. The molecule has 0 aliphatic heterocycles. The van der Waals surface area contributed by atoms with Gasteiger partial charge in [0, 0.05) is 16.1 Å². The average molecular weight is 334 g/mol. The Morgan fingerprint density at radius 3 is 2.90 bits per heavy atom. The van der Waals surface area contributed by atoms with Gasteiger partial charge in [-0.15, -0.1) is 0 Å². The van der Waals surface area contributed by atoms with E-state index in [0.29, 0.717) is 17.5 Å². The van der Waals surface area contributed by atoms with Gasteiger partial charge >= 0.3 is 0 Å². The van der Waals surface area contributed by atoms with Crippen LogP contribution >= 0.6 is 15.9 Å². The van der Waals surface area contributed by atoms with Gasteiger partial charge < -0.3 is 10.3 Å². The lowest BCUT2D eigenvalue weighted by Gasteiger charge is -2.17. The zero-order valence-electron chi connectivity index (χ0n) is 11.1. The van der Waals surface area contributed by atoms with E-state index in [1.165, 1.54) is 25.7 Å². The van der Waals surface area contributed by atoms with Crippen LogP contribution in [0.4, 0.5) is 5.69 Å². The Balaban J connectivity index is 1.66. The number of benzene rings is 1. The molecule has 20 heavy (non-hydrogen) atoms. The first kappa shape index (κ1) is 12.4. The summed E-state index contributed by atoms with van der Waals surface area (Å²) < 4.78 is 6.39. The lowest BCUT2D eigenvalue weighted by Crippen LogP contribution is -2.09. The fourth-order valence-corrected chi connectivity index (χ4v) is 4.18. The zero-order chi connectivity index (χ0) is 13.7. The molecule has 2 fully saturated rings. The maximum Gasteiger partial charge on any atom is 0.259 e. The molecule has 2 aliphatic carbocycles. The van der Waals surface area contributed by atoms with Gasteiger partial charge in [-0.3, -0.25) is 0 Å². The molecule has 1 aromatic heterocycles. The molecule has 1 aromatic carbocycles. The van der Waals surface area contributed by atoms with Crippen molar-refractivity contribution in [3.05, 3.63) is 28.5 Å². The van der Waals surface area contributed by atoms with Gasteiger partial charge in [-0.1, -0.05) is 11.6 Å². The Bertz CT molecular complexity index is 654. The van der Waals surface area contributed by atoms with E-state index in [2.05, 4.69) is 26.1 Å². The van der Waals surface area contributed by atoms with Crippen molar-refractivity contribution in [1.82, 2.24) is 10.1 Å². The van der Waals surface area contributed by atoms with E-state index in [0.717, 1.165) is 27.7 Å². The van der Waals surface area contributed by atoms with Gasteiger partial charge in [0.1, 0.15) is 0 Å². The molecule has 0 spiro atoms. The number of anilines is 1. The highest BCUT2D eigenvalue weighted by molar-refractivity contribution is 9.10. The second-order valence-corrected chi connectivity index (χ2v) is 6.83. The summed E-state index contributed by atoms with van der Waals surface area (Å²) in [5.41, 5.74) is 7.40. The average Bonchev–Trinajstić information content (AvgIpc) is 3.15. The van der Waals surface area contributed by atoms with Crippen molar-refractivity contribution in [1.29, 1.82) is 0 Å². The Hall–Kier alpha value is -1.36. The van der Waals surface area contributed by atoms with Crippen LogP contribution in [0.15, 0.2) is 27.2 Å². The topological polar surface area (TPSA) is 64.9 Å². The maximum absolute atomic E-state index is 5.83. The van der Waals surface area contributed by atoms with Crippen molar-refractivity contribution in [3.63, 3.8) is 0 Å². The molecule has 2 saturated carbocycles. The smallest absolute Gasteiger partial charge is 0.259 e. The molecule has 1 heterocycles. The highest BCUT2D eigenvalue weighted by atomic mass is 79.9. The first-order valence-corrected chi connectivity index (χ1v) is 7.89. The Kier molecular flexibility index (Phi) is 2.84. The number of nitrogens with zero attached hydrogens (tertiary/aromatic N) is 2. The molecule has 2 N–H and O–H groups in total. The minimum Gasteiger partial charge on any atom is -0.399 e. The van der Waals surface area contributed by atoms with Gasteiger partial charge in [0.2, 0.25) is 0 Å². The molecule has 104 valence electrons. The van der Waals surface area contributed by atoms with Crippen molar-refractivity contribution >= 4 is 21.6 Å². The molecule has 3 atom stereocenters. The van der Waals surface area contributed by atoms with Crippen molar-refractivity contribution < 1.29 is 4.52 Å². The highest BCUT2D eigenvalue weighted by Gasteiger charge is 2.42. The van der Waals surface area contributed by atoms with Crippen LogP contribution in [0, 0.1) is 11.8 Å². The standard InChI is InChI=1S/C15H16BrN3O/c16-13-4-3-10(17)7-12(13)15-18-14(19-20-15)11-6-8-1-2-9(11)5-8/h3-4,7-9,11H,1-2,5-6,17H2. The van der Waals surface area contributed by atoms with E-state index in [1.54, 1.807) is 0 Å². The molecule has 2 aliphatic rings. The molecular weight excluding hydrogens is 318 g/mol. The van der Waals surface area contributed by atoms with Crippen LogP contribution in [0.25, 0.3) is 11.5 Å². The predicted octanol–water partition coefficient (Wildman–Crippen LogP) is 3.98. The Labute approximate surface area is 125 Å². The lowest BCUT2D eigenvalue weighted by molar-refractivity contribution is 0.372. The zero-order valence-corrected chi connectivity index (χ0v) is 12.6. The molecule has 5 heteroatoms. The van der Waals surface area contributed by atoms with Crippen LogP contribution in [0.5, 0.6) is 0 Å². The van der Waals surface area contributed by atoms with E-state index in [1.807, 2.05) is 18.2 Å². The van der Waals surface area contributed by atoms with Crippen molar-refractivity contribution in [2.45, 2.75) is 31.6 Å². The number of rotatable bonds is 2. The second kappa shape index (κ2) is 4.58. The van der Waals surface area contributed by atoms with Crippen LogP contribution in [-0.2, 0) is 0 Å². The van der Waals surface area contributed by atoms with E-state index < -0.39 is 0 Å². The van der Waals surface area contributed by atoms with Crippen LogP contribution in [0.3, 0.4) is 0 Å². The van der Waals surface area contributed by atoms with Crippen molar-refractivity contribution in [2.75, 3.05) is 5.73 Å². The summed E-state index contributed by atoms with van der Waals surface area (Å²) in [6.07, 6.45) is 5.27. The van der Waals surface area contributed by atoms with Gasteiger partial charge in [-0.05, 0) is 65.2 Å². The third-order valence-electron chi connectivity index (χ3n) is 4.73. The maximum atomic E-state index is 5.83. The molecule has 0 amide bonds. The van der Waals surface area contributed by atoms with E-state index in [-0.39, 0.29) is 0 Å². The predicted molar refractivity (Wildman–Crippen MR) is 80.0 cm³/mol. The van der Waals surface area contributed by atoms with Gasteiger partial charge in [-0.2, -0.15) is 4.98 Å². The first-order valence-electron chi connectivity index (χ1n) is 7.09. The van der Waals surface area contributed by atoms with Crippen LogP contribution in [-0.4, -0.2) is 10.1 Å². The minimum absolute atomic E-state index is 0.492. The molecule has 4 nitrogen and oxygen atoms in total. The van der Waals surface area contributed by atoms with Crippen LogP contribution in [0.1, 0.15) is 37.4 Å². The number of hydrogen-bond acceptors (Lipinski definition) is 4. The SMILES string of the molecule is Nc1ccc(Br)c(-c2nc(C3CC4CCC3C4)no2)c1. The summed E-state index contributed by atoms with van der Waals surface area (Å²) in [4.78, 5) is 4.62. The molecule has 2 bridgehead atoms. The summed E-state index contributed by atoms with van der Waals surface area (Å²) >= 11 is 3.51. The van der Waals surface area contributed by atoms with Gasteiger partial charge in [0.05, 0.1) is 5.56 Å². The summed E-state index contributed by atoms with van der Waals surface area (Å²) in [6.45, 7) is 0. The third-order valence-corrected chi connectivity index (χ3v) is 5.42. The van der Waals surface area contributed by atoms with Gasteiger partial charge in [0.15, 0.2) is 5.82 Å². The highest BCUT2D eigenvalue weighted by Crippen LogP contribution is 2.52. The summed E-state index contributed by atoms with van der Waals surface area (Å²) in [5, 5.41) is 4.22. The number of aromatic nitrogens is 2. The fourth-order valence-electron chi connectivity index (χ4n) is 3.76. The van der Waals surface area contributed by atoms with E-state index >= 15 is 0 Å². The Morgan fingerprint density at radius 2 is 2.15 bits per heavy atom. The molecule has 3 unspecified atom stereocenters. The summed E-state index contributed by atoms with van der Waals surface area (Å²) in [7, 11) is 0. The van der Waals surface area contributed by atoms with Gasteiger partial charge in [0.25, 0.3) is 5.89 Å². The number of fused-ring (bicyclic) bond motifs is 2. The van der Waals surface area contributed by atoms with Crippen LogP contribution in [0.2, 0.25) is 0 Å². The second-order valence-electron chi connectivity index (χ2n) is 5.98. The van der Waals surface area contributed by atoms with E-state index in [9.17, 15) is 0 Å².